The van der Waals surface area contributed by atoms with Crippen molar-refractivity contribution in [2.75, 3.05) is 6.61 Å². The topological polar surface area (TPSA) is 9.23 Å². The second-order valence-electron chi connectivity index (χ2n) is 0.418. The Hall–Kier alpha value is 0.700. The van der Waals surface area contributed by atoms with Crippen LogP contribution in [0.25, 0.3) is 0 Å². The van der Waals surface area contributed by atoms with Gasteiger partial charge in [-0.2, -0.15) is 0 Å². The van der Waals surface area contributed by atoms with Crippen LogP contribution in [0, 0.1) is 0 Å². The standard InChI is InChI=1S/C2H5O.Ta/c1-2-3;/h2H2,1H3;/q-1;+5. The molecular weight excluding hydrogens is 221 g/mol. The molecule has 0 atom stereocenters. The van der Waals surface area contributed by atoms with E-state index in [0.29, 0.717) is 0 Å². The van der Waals surface area contributed by atoms with E-state index in [9.17, 15) is 0 Å². The van der Waals surface area contributed by atoms with Crippen LogP contribution >= 0.6 is 0 Å². The Labute approximate surface area is 38.8 Å². The zero-order valence-electron chi connectivity index (χ0n) is 2.56. The first-order valence-corrected chi connectivity index (χ1v) is 2.49. The molecule has 0 amide bonds. The van der Waals surface area contributed by atoms with Crippen LogP contribution in [-0.4, -0.2) is 6.61 Å². The minimum absolute atomic E-state index is 0.869. The van der Waals surface area contributed by atoms with Crippen molar-refractivity contribution < 1.29 is 24.7 Å². The Kier molecular flexibility index (Phi) is 4.35. The third-order valence-corrected chi connectivity index (χ3v) is 1.06. The summed E-state index contributed by atoms with van der Waals surface area (Å²) in [6.07, 6.45) is 0. The summed E-state index contributed by atoms with van der Waals surface area (Å²) in [5.41, 5.74) is 0. The molecule has 0 aliphatic rings. The van der Waals surface area contributed by atoms with Gasteiger partial charge in [-0.1, -0.05) is 0 Å². The predicted molar refractivity (Wildman–Crippen MR) is 11.6 cm³/mol. The second kappa shape index (κ2) is 3.70. The predicted octanol–water partition coefficient (Wildman–Crippen LogP) is 0.485. The summed E-state index contributed by atoms with van der Waals surface area (Å²) in [4.78, 5) is 0. The molecule has 1 nitrogen and oxygen atoms in total. The number of hydrogen-bond donors (Lipinski definition) is 0. The van der Waals surface area contributed by atoms with Crippen molar-refractivity contribution in [2.45, 2.75) is 6.92 Å². The monoisotopic (exact) mass is 226 g/mol. The number of hydrogen-bond acceptors (Lipinski definition) is 1. The van der Waals surface area contributed by atoms with Crippen LogP contribution in [0.5, 0.6) is 0 Å². The van der Waals surface area contributed by atoms with Gasteiger partial charge in [-0.3, -0.25) is 0 Å². The molecule has 0 aromatic heterocycles. The average Bonchev–Trinajstić information content (AvgIpc) is 1.37. The summed E-state index contributed by atoms with van der Waals surface area (Å²) < 4.78 is 4.65. The Morgan fingerprint density at radius 2 is 2.25 bits per heavy atom. The van der Waals surface area contributed by atoms with Crippen LogP contribution in [0.1, 0.15) is 6.92 Å². The van der Waals surface area contributed by atoms with Crippen molar-refractivity contribution in [3.63, 3.8) is 0 Å². The van der Waals surface area contributed by atoms with E-state index in [-0.39, 0.29) is 0 Å². The fourth-order valence-electron chi connectivity index (χ4n) is 0. The summed E-state index contributed by atoms with van der Waals surface area (Å²) in [5, 5.41) is 0. The molecule has 0 radical (unpaired) electrons. The van der Waals surface area contributed by atoms with Gasteiger partial charge in [0.05, 0.1) is 0 Å². The Morgan fingerprint density at radius 3 is 2.25 bits per heavy atom. The summed E-state index contributed by atoms with van der Waals surface area (Å²) in [5.74, 6) is 0. The Balaban J connectivity index is 1.97. The van der Waals surface area contributed by atoms with Crippen molar-refractivity contribution in [2.24, 2.45) is 0 Å². The fraction of sp³-hybridized carbons (Fsp3) is 1.00. The summed E-state index contributed by atoms with van der Waals surface area (Å²) in [6.45, 7) is 2.85. The van der Waals surface area contributed by atoms with Gasteiger partial charge in [0.25, 0.3) is 0 Å². The Bertz CT molecular complexity index is 8.00. The van der Waals surface area contributed by atoms with E-state index >= 15 is 0 Å². The van der Waals surface area contributed by atoms with Gasteiger partial charge in [0, 0.05) is 0 Å². The average molecular weight is 226 g/mol. The molecule has 0 saturated heterocycles. The van der Waals surface area contributed by atoms with Crippen molar-refractivity contribution in [1.82, 2.24) is 0 Å². The third kappa shape index (κ3) is 2.70. The van der Waals surface area contributed by atoms with Crippen LogP contribution in [-0.2, 0) is 24.7 Å². The van der Waals surface area contributed by atoms with E-state index in [1.54, 1.807) is 0 Å². The molecule has 0 fully saturated rings. The van der Waals surface area contributed by atoms with Gasteiger partial charge in [0.15, 0.2) is 0 Å². The van der Waals surface area contributed by atoms with Crippen molar-refractivity contribution in [3.05, 3.63) is 0 Å². The molecular formula is C2H5OTa+4. The normalized spacial score (nSPS) is 7.75. The first kappa shape index (κ1) is 4.70. The molecule has 20 valence electrons. The van der Waals surface area contributed by atoms with Gasteiger partial charge in [0.2, 0.25) is 0 Å². The molecule has 0 aromatic carbocycles. The van der Waals surface area contributed by atoms with Gasteiger partial charge in [-0.25, -0.2) is 0 Å². The zero-order chi connectivity index (χ0) is 3.41. The molecule has 2 heteroatoms. The van der Waals surface area contributed by atoms with E-state index < -0.39 is 0 Å². The van der Waals surface area contributed by atoms with E-state index in [1.165, 1.54) is 0 Å². The van der Waals surface area contributed by atoms with Crippen molar-refractivity contribution in [3.8, 4) is 0 Å². The van der Waals surface area contributed by atoms with Gasteiger partial charge in [0.1, 0.15) is 0 Å². The SMILES string of the molecule is CC[O][Ta+4]. The van der Waals surface area contributed by atoms with Gasteiger partial charge in [-0.15, -0.1) is 0 Å². The molecule has 0 unspecified atom stereocenters. The third-order valence-electron chi connectivity index (χ3n) is 0.129. The molecule has 0 saturated carbocycles. The molecule has 0 rings (SSSR count). The molecule has 4 heavy (non-hydrogen) atoms. The molecule has 0 aliphatic heterocycles. The van der Waals surface area contributed by atoms with Crippen LogP contribution in [0.15, 0.2) is 0 Å². The fourth-order valence-corrected chi connectivity index (χ4v) is 0. The first-order chi connectivity index (χ1) is 1.91. The van der Waals surface area contributed by atoms with Gasteiger partial charge < -0.3 is 0 Å². The quantitative estimate of drug-likeness (QED) is 0.632. The maximum atomic E-state index is 4.65. The van der Waals surface area contributed by atoms with E-state index in [2.05, 4.69) is 3.24 Å². The van der Waals surface area contributed by atoms with Crippen LogP contribution < -0.4 is 0 Å². The zero-order valence-corrected chi connectivity index (χ0v) is 5.78. The molecule has 0 aliphatic carbocycles. The van der Waals surface area contributed by atoms with Crippen molar-refractivity contribution >= 4 is 0 Å². The number of rotatable bonds is 1. The van der Waals surface area contributed by atoms with E-state index in [1.807, 2.05) is 6.92 Å². The molecule has 0 bridgehead atoms. The van der Waals surface area contributed by atoms with Crippen LogP contribution in [0.4, 0.5) is 0 Å². The molecule has 0 heterocycles. The second-order valence-corrected chi connectivity index (χ2v) is 1.35. The maximum absolute atomic E-state index is 4.65. The molecule has 0 aromatic rings. The van der Waals surface area contributed by atoms with Crippen LogP contribution in [0.3, 0.4) is 0 Å². The van der Waals surface area contributed by atoms with E-state index in [0.717, 1.165) is 28.1 Å². The first-order valence-electron chi connectivity index (χ1n) is 1.18. The van der Waals surface area contributed by atoms with Crippen LogP contribution in [0.2, 0.25) is 0 Å². The summed E-state index contributed by atoms with van der Waals surface area (Å²) in [7, 11) is 0. The van der Waals surface area contributed by atoms with Gasteiger partial charge >= 0.3 is 38.2 Å². The Morgan fingerprint density at radius 1 is 2.00 bits per heavy atom. The minimum atomic E-state index is 0.869. The van der Waals surface area contributed by atoms with E-state index in [4.69, 9.17) is 0 Å². The van der Waals surface area contributed by atoms with Crippen molar-refractivity contribution in [1.29, 1.82) is 0 Å². The van der Waals surface area contributed by atoms with Gasteiger partial charge in [-0.05, 0) is 0 Å². The molecule has 0 N–H and O–H groups in total. The summed E-state index contributed by atoms with van der Waals surface area (Å²) in [6, 6.07) is 0. The molecule has 0 spiro atoms. The summed E-state index contributed by atoms with van der Waals surface area (Å²) >= 11 is 1.05.